The lowest BCUT2D eigenvalue weighted by atomic mass is 9.91. The minimum absolute atomic E-state index is 0.699. The van der Waals surface area contributed by atoms with E-state index < -0.39 is 9.04 Å². The Morgan fingerprint density at radius 2 is 1.85 bits per heavy atom. The first-order valence-electron chi connectivity index (χ1n) is 6.07. The second kappa shape index (κ2) is 5.16. The summed E-state index contributed by atoms with van der Waals surface area (Å²) in [5.41, 5.74) is 0. The van der Waals surface area contributed by atoms with E-state index in [-0.39, 0.29) is 0 Å². The van der Waals surface area contributed by atoms with Crippen molar-refractivity contribution in [1.82, 2.24) is 0 Å². The third-order valence-corrected chi connectivity index (χ3v) is 6.55. The van der Waals surface area contributed by atoms with E-state index in [1.807, 2.05) is 0 Å². The fourth-order valence-electron chi connectivity index (χ4n) is 2.79. The maximum absolute atomic E-state index is 5.92. The Morgan fingerprint density at radius 3 is 2.54 bits per heavy atom. The van der Waals surface area contributed by atoms with Gasteiger partial charge in [-0.3, -0.25) is 0 Å². The largest absolute Gasteiger partial charge is 0.420 e. The fraction of sp³-hybridized carbons (Fsp3) is 1.00. The Kier molecular flexibility index (Phi) is 3.86. The standard InChI is InChI=1S/C11H22OSi/c1-2-6-11(7-3-1)10-13-9-5-4-8-12-13/h11,13H,1-10H2. The molecule has 0 aromatic heterocycles. The molecule has 2 heteroatoms. The summed E-state index contributed by atoms with van der Waals surface area (Å²) in [6.07, 6.45) is 10.3. The molecular formula is C11H22OSi. The first kappa shape index (κ1) is 9.72. The monoisotopic (exact) mass is 198 g/mol. The predicted octanol–water partition coefficient (Wildman–Crippen LogP) is 3.10. The lowest BCUT2D eigenvalue weighted by molar-refractivity contribution is 0.274. The third-order valence-electron chi connectivity index (χ3n) is 3.59. The molecule has 1 saturated heterocycles. The second-order valence-electron chi connectivity index (χ2n) is 4.73. The van der Waals surface area contributed by atoms with Gasteiger partial charge in [-0.1, -0.05) is 38.5 Å². The Morgan fingerprint density at radius 1 is 1.00 bits per heavy atom. The maximum atomic E-state index is 5.92. The first-order valence-corrected chi connectivity index (χ1v) is 8.17. The van der Waals surface area contributed by atoms with Gasteiger partial charge in [0.15, 0.2) is 9.04 Å². The van der Waals surface area contributed by atoms with Crippen LogP contribution in [0, 0.1) is 5.92 Å². The van der Waals surface area contributed by atoms with Crippen LogP contribution in [0.5, 0.6) is 0 Å². The Hall–Kier alpha value is 0.177. The highest BCUT2D eigenvalue weighted by atomic mass is 28.3. The molecule has 1 saturated carbocycles. The third kappa shape index (κ3) is 3.10. The van der Waals surface area contributed by atoms with E-state index in [9.17, 15) is 0 Å². The average molecular weight is 198 g/mol. The minimum Gasteiger partial charge on any atom is -0.420 e. The summed E-state index contributed by atoms with van der Waals surface area (Å²) in [5.74, 6) is 1.06. The number of hydrogen-bond acceptors (Lipinski definition) is 1. The summed E-state index contributed by atoms with van der Waals surface area (Å²) in [7, 11) is -0.699. The molecule has 0 amide bonds. The topological polar surface area (TPSA) is 9.23 Å². The number of hydrogen-bond donors (Lipinski definition) is 0. The molecule has 76 valence electrons. The predicted molar refractivity (Wildman–Crippen MR) is 58.5 cm³/mol. The zero-order chi connectivity index (χ0) is 8.93. The molecule has 1 atom stereocenters. The van der Waals surface area contributed by atoms with Crippen LogP contribution < -0.4 is 0 Å². The summed E-state index contributed by atoms with van der Waals surface area (Å²) in [6, 6.07) is 2.97. The van der Waals surface area contributed by atoms with Crippen molar-refractivity contribution in [3.8, 4) is 0 Å². The minimum atomic E-state index is -0.699. The van der Waals surface area contributed by atoms with Crippen LogP contribution >= 0.6 is 0 Å². The van der Waals surface area contributed by atoms with Gasteiger partial charge in [0.05, 0.1) is 0 Å². The molecule has 0 N–H and O–H groups in total. The zero-order valence-electron chi connectivity index (χ0n) is 8.63. The molecule has 13 heavy (non-hydrogen) atoms. The van der Waals surface area contributed by atoms with Crippen molar-refractivity contribution in [2.45, 2.75) is 57.0 Å². The van der Waals surface area contributed by atoms with E-state index in [2.05, 4.69) is 0 Å². The summed E-state index contributed by atoms with van der Waals surface area (Å²) in [6.45, 7) is 1.09. The first-order chi connectivity index (χ1) is 6.45. The quantitative estimate of drug-likeness (QED) is 0.620. The SMILES string of the molecule is C1CCC(C[SiH]2CCCCO2)CC1. The molecule has 0 spiro atoms. The zero-order valence-corrected chi connectivity index (χ0v) is 9.79. The van der Waals surface area contributed by atoms with Gasteiger partial charge in [-0.2, -0.15) is 0 Å². The van der Waals surface area contributed by atoms with E-state index in [1.54, 1.807) is 0 Å². The lowest BCUT2D eigenvalue weighted by Gasteiger charge is -2.27. The summed E-state index contributed by atoms with van der Waals surface area (Å²) >= 11 is 0. The molecular weight excluding hydrogens is 176 g/mol. The van der Waals surface area contributed by atoms with Gasteiger partial charge >= 0.3 is 0 Å². The molecule has 2 fully saturated rings. The molecule has 1 heterocycles. The van der Waals surface area contributed by atoms with Crippen LogP contribution in [-0.2, 0) is 4.43 Å². The second-order valence-corrected chi connectivity index (χ2v) is 7.35. The highest BCUT2D eigenvalue weighted by molar-refractivity contribution is 6.52. The van der Waals surface area contributed by atoms with Gasteiger partial charge in [-0.15, -0.1) is 0 Å². The molecule has 0 aromatic carbocycles. The van der Waals surface area contributed by atoms with Crippen molar-refractivity contribution in [1.29, 1.82) is 0 Å². The fourth-order valence-corrected chi connectivity index (χ4v) is 5.79. The van der Waals surface area contributed by atoms with Crippen LogP contribution in [0.1, 0.15) is 44.9 Å². The van der Waals surface area contributed by atoms with Gasteiger partial charge in [-0.25, -0.2) is 0 Å². The smallest absolute Gasteiger partial charge is 0.177 e. The van der Waals surface area contributed by atoms with Gasteiger partial charge in [0.2, 0.25) is 0 Å². The van der Waals surface area contributed by atoms with E-state index in [4.69, 9.17) is 4.43 Å². The van der Waals surface area contributed by atoms with Gasteiger partial charge in [0.25, 0.3) is 0 Å². The molecule has 0 aromatic rings. The Balaban J connectivity index is 1.69. The van der Waals surface area contributed by atoms with Crippen LogP contribution in [0.2, 0.25) is 12.1 Å². The van der Waals surface area contributed by atoms with Crippen LogP contribution in [0.4, 0.5) is 0 Å². The van der Waals surface area contributed by atoms with Gasteiger partial charge in [-0.05, 0) is 24.4 Å². The normalized spacial score (nSPS) is 31.8. The molecule has 1 aliphatic heterocycles. The maximum Gasteiger partial charge on any atom is 0.177 e. The number of rotatable bonds is 2. The molecule has 2 aliphatic rings. The average Bonchev–Trinajstić information content (AvgIpc) is 2.21. The highest BCUT2D eigenvalue weighted by Gasteiger charge is 2.22. The van der Waals surface area contributed by atoms with E-state index >= 15 is 0 Å². The van der Waals surface area contributed by atoms with E-state index in [0.717, 1.165) is 12.5 Å². The van der Waals surface area contributed by atoms with Gasteiger partial charge in [0, 0.05) is 6.61 Å². The summed E-state index contributed by atoms with van der Waals surface area (Å²) < 4.78 is 5.92. The Labute approximate surface area is 83.6 Å². The van der Waals surface area contributed by atoms with Crippen molar-refractivity contribution in [3.05, 3.63) is 0 Å². The van der Waals surface area contributed by atoms with Gasteiger partial charge in [0.1, 0.15) is 0 Å². The van der Waals surface area contributed by atoms with Crippen molar-refractivity contribution in [3.63, 3.8) is 0 Å². The lowest BCUT2D eigenvalue weighted by Crippen LogP contribution is -2.26. The summed E-state index contributed by atoms with van der Waals surface area (Å²) in [4.78, 5) is 0. The highest BCUT2D eigenvalue weighted by Crippen LogP contribution is 2.30. The Bertz CT molecular complexity index is 121. The van der Waals surface area contributed by atoms with E-state index in [0.29, 0.717) is 0 Å². The van der Waals surface area contributed by atoms with Crippen LogP contribution in [-0.4, -0.2) is 15.6 Å². The molecule has 0 radical (unpaired) electrons. The molecule has 1 unspecified atom stereocenters. The van der Waals surface area contributed by atoms with Crippen LogP contribution in [0.15, 0.2) is 0 Å². The van der Waals surface area contributed by atoms with Crippen molar-refractivity contribution >= 4 is 9.04 Å². The van der Waals surface area contributed by atoms with Crippen molar-refractivity contribution in [2.24, 2.45) is 5.92 Å². The van der Waals surface area contributed by atoms with Crippen LogP contribution in [0.25, 0.3) is 0 Å². The van der Waals surface area contributed by atoms with Crippen molar-refractivity contribution in [2.75, 3.05) is 6.61 Å². The van der Waals surface area contributed by atoms with Gasteiger partial charge < -0.3 is 4.43 Å². The molecule has 1 nitrogen and oxygen atoms in total. The molecule has 1 aliphatic carbocycles. The molecule has 2 rings (SSSR count). The molecule has 0 bridgehead atoms. The van der Waals surface area contributed by atoms with Crippen LogP contribution in [0.3, 0.4) is 0 Å². The van der Waals surface area contributed by atoms with E-state index in [1.165, 1.54) is 57.0 Å². The summed E-state index contributed by atoms with van der Waals surface area (Å²) in [5, 5.41) is 0. The van der Waals surface area contributed by atoms with Crippen molar-refractivity contribution < 1.29 is 4.43 Å².